The Balaban J connectivity index is 1.75. The third-order valence-corrected chi connectivity index (χ3v) is 7.19. The first-order chi connectivity index (χ1) is 15.0. The first kappa shape index (κ1) is 22.2. The standard InChI is InChI=1S/C24H27NO7/c1-8-6-13-16(15(26)7-14(25)20(13)29)17(18(8)27)19(28)9(2)21-10(3)22-11(4)23(31-21)12(5)24(30)32-22/h6-7,9-12,21-23,27H,25H2,1-5H3/t9-,10?,11-,12+,21?,22?,23?/m1/s1. The van der Waals surface area contributed by atoms with Gasteiger partial charge in [0, 0.05) is 35.0 Å². The highest BCUT2D eigenvalue weighted by molar-refractivity contribution is 6.28. The fourth-order valence-electron chi connectivity index (χ4n) is 5.31. The van der Waals surface area contributed by atoms with Crippen LogP contribution in [0.5, 0.6) is 5.75 Å². The van der Waals surface area contributed by atoms with Crippen LogP contribution in [0.1, 0.15) is 64.3 Å². The zero-order chi connectivity index (χ0) is 23.6. The summed E-state index contributed by atoms with van der Waals surface area (Å²) in [5.74, 6) is -3.88. The molecule has 170 valence electrons. The molecule has 8 heteroatoms. The number of esters is 1. The lowest BCUT2D eigenvalue weighted by Crippen LogP contribution is -2.60. The SMILES string of the molecule is Cc1cc2c(c(C(=O)[C@@H](C)C3OC4[C@H](C)C(OC(=O)[C@H]4C)C3C)c1O)C(=O)C=C(N)C2=O. The Morgan fingerprint density at radius 1 is 1.12 bits per heavy atom. The van der Waals surface area contributed by atoms with Crippen LogP contribution in [0.15, 0.2) is 17.8 Å². The molecule has 7 atom stereocenters. The molecule has 4 unspecified atom stereocenters. The maximum absolute atomic E-state index is 13.7. The lowest BCUT2D eigenvalue weighted by atomic mass is 9.72. The van der Waals surface area contributed by atoms with Crippen LogP contribution in [0.4, 0.5) is 0 Å². The van der Waals surface area contributed by atoms with E-state index in [0.29, 0.717) is 5.56 Å². The second kappa shape index (κ2) is 7.55. The Morgan fingerprint density at radius 3 is 2.44 bits per heavy atom. The van der Waals surface area contributed by atoms with Gasteiger partial charge in [-0.05, 0) is 25.5 Å². The molecule has 2 aliphatic heterocycles. The van der Waals surface area contributed by atoms with Crippen LogP contribution in [-0.4, -0.2) is 46.7 Å². The summed E-state index contributed by atoms with van der Waals surface area (Å²) in [5, 5.41) is 10.7. The summed E-state index contributed by atoms with van der Waals surface area (Å²) in [6, 6.07) is 1.37. The van der Waals surface area contributed by atoms with Crippen LogP contribution in [0.3, 0.4) is 0 Å². The van der Waals surface area contributed by atoms with Crippen LogP contribution < -0.4 is 5.73 Å². The molecule has 1 aromatic rings. The number of Topliss-reactive ketones (excluding diaryl/α,β-unsaturated/α-hetero) is 2. The van der Waals surface area contributed by atoms with Crippen molar-refractivity contribution in [2.75, 3.05) is 0 Å². The van der Waals surface area contributed by atoms with Crippen molar-refractivity contribution in [1.29, 1.82) is 0 Å². The number of ether oxygens (including phenoxy) is 2. The molecule has 3 aliphatic rings. The average molecular weight is 441 g/mol. The molecule has 3 N–H and O–H groups in total. The highest BCUT2D eigenvalue weighted by Crippen LogP contribution is 2.43. The maximum Gasteiger partial charge on any atom is 0.311 e. The predicted molar refractivity (Wildman–Crippen MR) is 113 cm³/mol. The van der Waals surface area contributed by atoms with E-state index in [1.807, 2.05) is 13.8 Å². The van der Waals surface area contributed by atoms with Crippen molar-refractivity contribution in [3.05, 3.63) is 40.1 Å². The van der Waals surface area contributed by atoms with Crippen LogP contribution in [0, 0.1) is 30.6 Å². The number of benzene rings is 1. The quantitative estimate of drug-likeness (QED) is 0.539. The summed E-state index contributed by atoms with van der Waals surface area (Å²) in [6.07, 6.45) is -0.421. The minimum Gasteiger partial charge on any atom is -0.507 e. The smallest absolute Gasteiger partial charge is 0.311 e. The number of carbonyl (C=O) groups excluding carboxylic acids is 4. The monoisotopic (exact) mass is 441 g/mol. The predicted octanol–water partition coefficient (Wildman–Crippen LogP) is 2.34. The zero-order valence-electron chi connectivity index (χ0n) is 18.7. The number of hydrogen-bond acceptors (Lipinski definition) is 8. The third-order valence-electron chi connectivity index (χ3n) is 7.19. The van der Waals surface area contributed by atoms with Gasteiger partial charge < -0.3 is 20.3 Å². The van der Waals surface area contributed by atoms with Crippen LogP contribution in [-0.2, 0) is 14.3 Å². The van der Waals surface area contributed by atoms with Gasteiger partial charge >= 0.3 is 5.97 Å². The number of allylic oxidation sites excluding steroid dienone is 2. The van der Waals surface area contributed by atoms with Crippen molar-refractivity contribution < 1.29 is 33.8 Å². The second-order valence-electron chi connectivity index (χ2n) is 9.26. The van der Waals surface area contributed by atoms with E-state index < -0.39 is 47.5 Å². The first-order valence-electron chi connectivity index (χ1n) is 10.8. The van der Waals surface area contributed by atoms with Crippen LogP contribution >= 0.6 is 0 Å². The number of rotatable bonds is 3. The van der Waals surface area contributed by atoms with Crippen molar-refractivity contribution in [2.45, 2.75) is 52.9 Å². The number of phenolic OH excluding ortho intramolecular Hbond substituents is 1. The number of nitrogens with two attached hydrogens (primary N) is 1. The summed E-state index contributed by atoms with van der Waals surface area (Å²) in [6.45, 7) is 8.77. The number of fused-ring (bicyclic) bond motifs is 3. The molecular formula is C24H27NO7. The molecule has 1 aromatic carbocycles. The van der Waals surface area contributed by atoms with Crippen molar-refractivity contribution in [2.24, 2.45) is 29.4 Å². The van der Waals surface area contributed by atoms with Gasteiger partial charge in [0.05, 0.1) is 29.4 Å². The van der Waals surface area contributed by atoms with Gasteiger partial charge in [-0.1, -0.05) is 20.8 Å². The zero-order valence-corrected chi connectivity index (χ0v) is 18.7. The van der Waals surface area contributed by atoms with E-state index in [2.05, 4.69) is 0 Å². The van der Waals surface area contributed by atoms with Gasteiger partial charge in [-0.3, -0.25) is 19.2 Å². The van der Waals surface area contributed by atoms with E-state index in [4.69, 9.17) is 15.2 Å². The largest absolute Gasteiger partial charge is 0.507 e. The maximum atomic E-state index is 13.7. The molecule has 2 heterocycles. The molecule has 2 fully saturated rings. The Hall–Kier alpha value is -3.00. The minimum absolute atomic E-state index is 0.00602. The highest BCUT2D eigenvalue weighted by Gasteiger charge is 2.53. The van der Waals surface area contributed by atoms with Crippen molar-refractivity contribution in [3.63, 3.8) is 0 Å². The Labute approximate surface area is 185 Å². The Bertz CT molecular complexity index is 1090. The van der Waals surface area contributed by atoms with Gasteiger partial charge in [0.15, 0.2) is 11.6 Å². The molecule has 1 aliphatic carbocycles. The summed E-state index contributed by atoms with van der Waals surface area (Å²) < 4.78 is 11.9. The first-order valence-corrected chi connectivity index (χ1v) is 10.8. The summed E-state index contributed by atoms with van der Waals surface area (Å²) in [7, 11) is 0. The number of aryl methyl sites for hydroxylation is 1. The van der Waals surface area contributed by atoms with Gasteiger partial charge in [-0.2, -0.15) is 0 Å². The van der Waals surface area contributed by atoms with Gasteiger partial charge in [-0.15, -0.1) is 0 Å². The molecule has 0 spiro atoms. The van der Waals surface area contributed by atoms with E-state index in [1.54, 1.807) is 20.8 Å². The van der Waals surface area contributed by atoms with Gasteiger partial charge in [-0.25, -0.2) is 0 Å². The van der Waals surface area contributed by atoms with Crippen molar-refractivity contribution >= 4 is 23.3 Å². The molecule has 0 aromatic heterocycles. The van der Waals surface area contributed by atoms with E-state index >= 15 is 0 Å². The average Bonchev–Trinajstić information content (AvgIpc) is 2.74. The molecule has 0 saturated carbocycles. The fraction of sp³-hybridized carbons (Fsp3) is 0.500. The second-order valence-corrected chi connectivity index (χ2v) is 9.26. The van der Waals surface area contributed by atoms with Crippen LogP contribution in [0.2, 0.25) is 0 Å². The number of carbonyl (C=O) groups is 4. The Morgan fingerprint density at radius 2 is 1.78 bits per heavy atom. The lowest BCUT2D eigenvalue weighted by molar-refractivity contribution is -0.236. The minimum atomic E-state index is -0.769. The van der Waals surface area contributed by atoms with E-state index in [-0.39, 0.29) is 45.9 Å². The topological polar surface area (TPSA) is 133 Å². The summed E-state index contributed by atoms with van der Waals surface area (Å²) in [5.41, 5.74) is 5.42. The van der Waals surface area contributed by atoms with E-state index in [9.17, 15) is 24.3 Å². The molecular weight excluding hydrogens is 414 g/mol. The molecule has 0 radical (unpaired) electrons. The molecule has 2 bridgehead atoms. The molecule has 2 saturated heterocycles. The van der Waals surface area contributed by atoms with E-state index in [1.165, 1.54) is 6.07 Å². The molecule has 4 rings (SSSR count). The number of phenols is 1. The van der Waals surface area contributed by atoms with Crippen molar-refractivity contribution in [1.82, 2.24) is 0 Å². The molecule has 8 nitrogen and oxygen atoms in total. The number of hydrogen-bond donors (Lipinski definition) is 2. The van der Waals surface area contributed by atoms with Gasteiger partial charge in [0.2, 0.25) is 5.78 Å². The van der Waals surface area contributed by atoms with Crippen LogP contribution in [0.25, 0.3) is 0 Å². The van der Waals surface area contributed by atoms with Gasteiger partial charge in [0.1, 0.15) is 11.9 Å². The number of ketones is 3. The fourth-order valence-corrected chi connectivity index (χ4v) is 5.31. The Kier molecular flexibility index (Phi) is 5.24. The molecule has 32 heavy (non-hydrogen) atoms. The van der Waals surface area contributed by atoms with Crippen molar-refractivity contribution in [3.8, 4) is 5.75 Å². The highest BCUT2D eigenvalue weighted by atomic mass is 16.6. The number of aromatic hydroxyl groups is 1. The lowest BCUT2D eigenvalue weighted by Gasteiger charge is -2.50. The summed E-state index contributed by atoms with van der Waals surface area (Å²) in [4.78, 5) is 51.1. The molecule has 0 amide bonds. The summed E-state index contributed by atoms with van der Waals surface area (Å²) >= 11 is 0. The normalized spacial score (nSPS) is 32.7. The third kappa shape index (κ3) is 3.08. The van der Waals surface area contributed by atoms with Gasteiger partial charge in [0.25, 0.3) is 0 Å². The van der Waals surface area contributed by atoms with E-state index in [0.717, 1.165) is 6.08 Å².